The average molecular weight is 553 g/mol. The van der Waals surface area contributed by atoms with Gasteiger partial charge in [0.1, 0.15) is 12.4 Å². The van der Waals surface area contributed by atoms with Gasteiger partial charge in [0, 0.05) is 23.4 Å². The summed E-state index contributed by atoms with van der Waals surface area (Å²) in [6.45, 7) is 2.37. The number of hydrogen-bond acceptors (Lipinski definition) is 4. The fourth-order valence-electron chi connectivity index (χ4n) is 5.62. The van der Waals surface area contributed by atoms with Crippen LogP contribution in [0.2, 0.25) is 5.02 Å². The van der Waals surface area contributed by atoms with E-state index in [2.05, 4.69) is 58.9 Å². The predicted molar refractivity (Wildman–Crippen MR) is 160 cm³/mol. The second-order valence-electron chi connectivity index (χ2n) is 10.1. The van der Waals surface area contributed by atoms with Crippen molar-refractivity contribution >= 4 is 29.2 Å². The Morgan fingerprint density at radius 3 is 2.62 bits per heavy atom. The number of para-hydroxylation sites is 1. The first kappa shape index (κ1) is 26.1. The lowest BCUT2D eigenvalue weighted by atomic mass is 9.77. The summed E-state index contributed by atoms with van der Waals surface area (Å²) in [6.07, 6.45) is 7.49. The van der Waals surface area contributed by atoms with Crippen molar-refractivity contribution in [2.45, 2.75) is 31.9 Å². The van der Waals surface area contributed by atoms with Crippen molar-refractivity contribution in [2.75, 3.05) is 11.9 Å². The van der Waals surface area contributed by atoms with Gasteiger partial charge in [-0.05, 0) is 72.4 Å². The SMILES string of the molecule is CCOc1cc(C=Nc2ccc([C@@H]3Nc4ccccc4[C@@H]4C=CC[C@H]43)cc2)cc(Cl)c1OCc1ccccc1F. The Morgan fingerprint density at radius 2 is 1.80 bits per heavy atom. The van der Waals surface area contributed by atoms with E-state index >= 15 is 0 Å². The van der Waals surface area contributed by atoms with Gasteiger partial charge in [0.2, 0.25) is 0 Å². The summed E-state index contributed by atoms with van der Waals surface area (Å²) in [7, 11) is 0. The molecule has 0 aromatic heterocycles. The van der Waals surface area contributed by atoms with Gasteiger partial charge in [-0.3, -0.25) is 4.99 Å². The van der Waals surface area contributed by atoms with Gasteiger partial charge in [0.05, 0.1) is 23.4 Å². The van der Waals surface area contributed by atoms with E-state index in [0.29, 0.717) is 40.5 Å². The summed E-state index contributed by atoms with van der Waals surface area (Å²) in [5.41, 5.74) is 5.92. The Hall–Kier alpha value is -4.09. The average Bonchev–Trinajstić information content (AvgIpc) is 3.47. The number of aliphatic imine (C=N–C) groups is 1. The molecule has 0 saturated carbocycles. The summed E-state index contributed by atoms with van der Waals surface area (Å²) >= 11 is 6.57. The topological polar surface area (TPSA) is 42.8 Å². The van der Waals surface area contributed by atoms with Gasteiger partial charge in [-0.15, -0.1) is 0 Å². The minimum absolute atomic E-state index is 0.0470. The van der Waals surface area contributed by atoms with Gasteiger partial charge in [-0.25, -0.2) is 4.39 Å². The highest BCUT2D eigenvalue weighted by Crippen LogP contribution is 2.49. The molecule has 6 rings (SSSR count). The van der Waals surface area contributed by atoms with E-state index in [1.165, 1.54) is 22.9 Å². The number of hydrogen-bond donors (Lipinski definition) is 1. The van der Waals surface area contributed by atoms with Gasteiger partial charge in [-0.1, -0.05) is 72.3 Å². The zero-order valence-corrected chi connectivity index (χ0v) is 22.9. The van der Waals surface area contributed by atoms with Crippen LogP contribution in [0.25, 0.3) is 0 Å². The molecule has 1 heterocycles. The Kier molecular flexibility index (Phi) is 7.56. The molecule has 0 unspecified atom stereocenters. The number of rotatable bonds is 8. The van der Waals surface area contributed by atoms with Crippen molar-refractivity contribution in [3.63, 3.8) is 0 Å². The Bertz CT molecular complexity index is 1570. The van der Waals surface area contributed by atoms with E-state index < -0.39 is 0 Å². The maximum atomic E-state index is 14.0. The third-order valence-electron chi connectivity index (χ3n) is 7.55. The van der Waals surface area contributed by atoms with Crippen molar-refractivity contribution < 1.29 is 13.9 Å². The molecule has 3 atom stereocenters. The molecule has 4 nitrogen and oxygen atoms in total. The van der Waals surface area contributed by atoms with Crippen molar-refractivity contribution in [3.05, 3.63) is 130 Å². The molecule has 202 valence electrons. The van der Waals surface area contributed by atoms with E-state index in [1.54, 1.807) is 30.5 Å². The minimum Gasteiger partial charge on any atom is -0.490 e. The second kappa shape index (κ2) is 11.6. The van der Waals surface area contributed by atoms with Gasteiger partial charge in [0.25, 0.3) is 0 Å². The summed E-state index contributed by atoms with van der Waals surface area (Å²) in [6, 6.07) is 27.4. The minimum atomic E-state index is -0.324. The van der Waals surface area contributed by atoms with Crippen molar-refractivity contribution in [3.8, 4) is 11.5 Å². The first-order chi connectivity index (χ1) is 19.6. The number of nitrogens with zero attached hydrogens (tertiary/aromatic N) is 1. The third kappa shape index (κ3) is 5.34. The number of ether oxygens (including phenoxy) is 2. The predicted octanol–water partition coefficient (Wildman–Crippen LogP) is 9.03. The smallest absolute Gasteiger partial charge is 0.180 e. The molecule has 0 fully saturated rings. The highest BCUT2D eigenvalue weighted by Gasteiger charge is 2.37. The first-order valence-corrected chi connectivity index (χ1v) is 14.0. The molecular weight excluding hydrogens is 523 g/mol. The van der Waals surface area contributed by atoms with Crippen molar-refractivity contribution in [2.24, 2.45) is 10.9 Å². The van der Waals surface area contributed by atoms with Crippen LogP contribution in [0.15, 0.2) is 102 Å². The molecule has 0 bridgehead atoms. The number of fused-ring (bicyclic) bond motifs is 3. The first-order valence-electron chi connectivity index (χ1n) is 13.6. The number of nitrogens with one attached hydrogen (secondary N) is 1. The molecule has 0 amide bonds. The van der Waals surface area contributed by atoms with Gasteiger partial charge >= 0.3 is 0 Å². The Morgan fingerprint density at radius 1 is 1.00 bits per heavy atom. The number of halogens is 2. The Labute approximate surface area is 239 Å². The van der Waals surface area contributed by atoms with Crippen LogP contribution in [0.5, 0.6) is 11.5 Å². The molecular formula is C34H30ClFN2O2. The molecule has 1 aliphatic carbocycles. The van der Waals surface area contributed by atoms with E-state index in [9.17, 15) is 4.39 Å². The van der Waals surface area contributed by atoms with Crippen LogP contribution >= 0.6 is 11.6 Å². The van der Waals surface area contributed by atoms with E-state index in [0.717, 1.165) is 17.7 Å². The van der Waals surface area contributed by atoms with E-state index in [1.807, 2.05) is 25.1 Å². The second-order valence-corrected chi connectivity index (χ2v) is 10.5. The zero-order valence-electron chi connectivity index (χ0n) is 22.2. The molecule has 0 saturated heterocycles. The zero-order chi connectivity index (χ0) is 27.5. The van der Waals surface area contributed by atoms with Crippen LogP contribution in [0.3, 0.4) is 0 Å². The standard InChI is InChI=1S/C34H30ClFN2O2/c1-2-39-32-19-22(18-29(35)34(32)40-21-24-8-3-5-12-30(24)36)20-37-25-16-14-23(15-17-25)33-28-11-7-10-26(28)27-9-4-6-13-31(27)38-33/h3-10,12-20,26,28,33,38H,2,11,21H2,1H3/t26-,28+,33-/m0/s1. The molecule has 4 aromatic carbocycles. The lowest BCUT2D eigenvalue weighted by Crippen LogP contribution is -2.28. The van der Waals surface area contributed by atoms with E-state index in [4.69, 9.17) is 21.1 Å². The highest BCUT2D eigenvalue weighted by atomic mass is 35.5. The normalized spacial score (nSPS) is 19.2. The van der Waals surface area contributed by atoms with Crippen molar-refractivity contribution in [1.29, 1.82) is 0 Å². The molecule has 4 aromatic rings. The fraction of sp³-hybridized carbons (Fsp3) is 0.206. The largest absolute Gasteiger partial charge is 0.490 e. The van der Waals surface area contributed by atoms with Crippen LogP contribution in [0.4, 0.5) is 15.8 Å². The lowest BCUT2D eigenvalue weighted by Gasteiger charge is -2.37. The molecule has 1 N–H and O–H groups in total. The lowest BCUT2D eigenvalue weighted by molar-refractivity contribution is 0.266. The summed E-state index contributed by atoms with van der Waals surface area (Å²) in [4.78, 5) is 4.68. The summed E-state index contributed by atoms with van der Waals surface area (Å²) < 4.78 is 25.7. The summed E-state index contributed by atoms with van der Waals surface area (Å²) in [5, 5.41) is 4.15. The molecule has 0 spiro atoms. The molecule has 0 radical (unpaired) electrons. The quantitative estimate of drug-likeness (QED) is 0.175. The Balaban J connectivity index is 1.18. The van der Waals surface area contributed by atoms with Crippen LogP contribution in [0.1, 0.15) is 47.6 Å². The number of anilines is 1. The monoisotopic (exact) mass is 552 g/mol. The third-order valence-corrected chi connectivity index (χ3v) is 7.83. The van der Waals surface area contributed by atoms with Crippen LogP contribution < -0.4 is 14.8 Å². The van der Waals surface area contributed by atoms with Crippen LogP contribution in [-0.2, 0) is 6.61 Å². The van der Waals surface area contributed by atoms with Crippen molar-refractivity contribution in [1.82, 2.24) is 0 Å². The van der Waals surface area contributed by atoms with Gasteiger partial charge in [-0.2, -0.15) is 0 Å². The maximum Gasteiger partial charge on any atom is 0.180 e. The molecule has 40 heavy (non-hydrogen) atoms. The number of benzene rings is 4. The number of allylic oxidation sites excluding steroid dienone is 2. The molecule has 6 heteroatoms. The van der Waals surface area contributed by atoms with Gasteiger partial charge < -0.3 is 14.8 Å². The summed E-state index contributed by atoms with van der Waals surface area (Å²) in [5.74, 6) is 1.50. The van der Waals surface area contributed by atoms with Crippen LogP contribution in [0, 0.1) is 11.7 Å². The van der Waals surface area contributed by atoms with E-state index in [-0.39, 0.29) is 18.5 Å². The fourth-order valence-corrected chi connectivity index (χ4v) is 5.89. The molecule has 2 aliphatic rings. The molecule has 1 aliphatic heterocycles. The highest BCUT2D eigenvalue weighted by molar-refractivity contribution is 6.32. The van der Waals surface area contributed by atoms with Gasteiger partial charge in [0.15, 0.2) is 11.5 Å². The van der Waals surface area contributed by atoms with Crippen LogP contribution in [-0.4, -0.2) is 12.8 Å². The maximum absolute atomic E-state index is 14.0.